The Hall–Kier alpha value is -1.20. The zero-order chi connectivity index (χ0) is 14.4. The molecule has 1 aromatic carbocycles. The summed E-state index contributed by atoms with van der Waals surface area (Å²) in [5.41, 5.74) is 5.75. The maximum atomic E-state index is 14.1. The molecule has 0 atom stereocenters. The summed E-state index contributed by atoms with van der Waals surface area (Å²) < 4.78 is 28.2. The van der Waals surface area contributed by atoms with Crippen molar-refractivity contribution in [1.82, 2.24) is 0 Å². The summed E-state index contributed by atoms with van der Waals surface area (Å²) in [6.45, 7) is 4.08. The Morgan fingerprint density at radius 2 is 1.74 bits per heavy atom. The Labute approximate surface area is 113 Å². The number of hydrogen-bond acceptors (Lipinski definition) is 3. The molecule has 0 amide bonds. The van der Waals surface area contributed by atoms with Crippen molar-refractivity contribution < 1.29 is 13.9 Å². The average molecular weight is 272 g/mol. The molecule has 0 aliphatic heterocycles. The largest absolute Gasteiger partial charge is 0.395 e. The predicted molar refractivity (Wildman–Crippen MR) is 73.1 cm³/mol. The summed E-state index contributed by atoms with van der Waals surface area (Å²) in [5.74, 6) is -1.25. The smallest absolute Gasteiger partial charge is 0.149 e. The van der Waals surface area contributed by atoms with Gasteiger partial charge in [0, 0.05) is 19.1 Å². The minimum Gasteiger partial charge on any atom is -0.395 e. The van der Waals surface area contributed by atoms with Crippen LogP contribution in [0.5, 0.6) is 0 Å². The van der Waals surface area contributed by atoms with Gasteiger partial charge in [-0.3, -0.25) is 0 Å². The van der Waals surface area contributed by atoms with Crippen molar-refractivity contribution in [3.05, 3.63) is 29.3 Å². The molecule has 5 heteroatoms. The van der Waals surface area contributed by atoms with E-state index in [2.05, 4.69) is 0 Å². The molecule has 0 aromatic heterocycles. The first kappa shape index (κ1) is 15.9. The van der Waals surface area contributed by atoms with E-state index >= 15 is 0 Å². The second kappa shape index (κ2) is 7.40. The van der Waals surface area contributed by atoms with Crippen molar-refractivity contribution in [1.29, 1.82) is 0 Å². The van der Waals surface area contributed by atoms with Crippen LogP contribution in [0.1, 0.15) is 32.3 Å². The highest BCUT2D eigenvalue weighted by molar-refractivity contribution is 5.51. The number of hydrogen-bond donors (Lipinski definition) is 2. The van der Waals surface area contributed by atoms with Crippen molar-refractivity contribution in [3.63, 3.8) is 0 Å². The number of rotatable bonds is 7. The number of nitrogens with zero attached hydrogens (tertiary/aromatic N) is 1. The molecule has 0 bridgehead atoms. The molecule has 1 aromatic rings. The number of aliphatic hydroxyl groups excluding tert-OH is 1. The van der Waals surface area contributed by atoms with Gasteiger partial charge in [-0.2, -0.15) is 0 Å². The Balaban J connectivity index is 3.22. The summed E-state index contributed by atoms with van der Waals surface area (Å²) in [7, 11) is 0. The highest BCUT2D eigenvalue weighted by Gasteiger charge is 2.22. The van der Waals surface area contributed by atoms with E-state index < -0.39 is 11.6 Å². The van der Waals surface area contributed by atoms with Crippen LogP contribution in [0.15, 0.2) is 12.1 Å². The van der Waals surface area contributed by atoms with Crippen LogP contribution in [0, 0.1) is 11.6 Å². The zero-order valence-corrected chi connectivity index (χ0v) is 11.5. The maximum absolute atomic E-state index is 14.1. The third-order valence-electron chi connectivity index (χ3n) is 3.32. The minimum absolute atomic E-state index is 0.000114. The molecular formula is C14H22F2N2O. The molecule has 0 unspecified atom stereocenters. The van der Waals surface area contributed by atoms with Gasteiger partial charge in [0.05, 0.1) is 6.61 Å². The zero-order valence-electron chi connectivity index (χ0n) is 11.5. The molecule has 0 saturated carbocycles. The van der Waals surface area contributed by atoms with E-state index in [-0.39, 0.29) is 31.4 Å². The van der Waals surface area contributed by atoms with Gasteiger partial charge in [0.15, 0.2) is 0 Å². The molecule has 1 rings (SSSR count). The number of anilines is 1. The molecule has 19 heavy (non-hydrogen) atoms. The minimum atomic E-state index is -0.624. The predicted octanol–water partition coefficient (Wildman–Crippen LogP) is 2.41. The van der Waals surface area contributed by atoms with Crippen molar-refractivity contribution in [2.75, 3.05) is 18.1 Å². The highest BCUT2D eigenvalue weighted by Crippen LogP contribution is 2.28. The lowest BCUT2D eigenvalue weighted by Gasteiger charge is -2.32. The van der Waals surface area contributed by atoms with Gasteiger partial charge in [-0.15, -0.1) is 0 Å². The van der Waals surface area contributed by atoms with Crippen LogP contribution in [0.25, 0.3) is 0 Å². The van der Waals surface area contributed by atoms with Gasteiger partial charge in [-0.25, -0.2) is 8.78 Å². The Morgan fingerprint density at radius 1 is 1.21 bits per heavy atom. The molecular weight excluding hydrogens is 250 g/mol. The van der Waals surface area contributed by atoms with Gasteiger partial charge < -0.3 is 15.7 Å². The van der Waals surface area contributed by atoms with E-state index in [1.54, 1.807) is 4.90 Å². The average Bonchev–Trinajstić information content (AvgIpc) is 2.39. The SMILES string of the molecule is CCC(CC)N(CCO)c1c(F)cc(CN)cc1F. The standard InChI is InChI=1S/C14H22F2N2O/c1-3-11(4-2)18(5-6-19)14-12(15)7-10(9-17)8-13(14)16/h7-8,11,19H,3-6,9,17H2,1-2H3. The Bertz CT molecular complexity index is 385. The number of halogens is 2. The number of aliphatic hydroxyl groups is 1. The van der Waals surface area contributed by atoms with E-state index in [4.69, 9.17) is 10.8 Å². The highest BCUT2D eigenvalue weighted by atomic mass is 19.1. The van der Waals surface area contributed by atoms with Crippen LogP contribution in [0.4, 0.5) is 14.5 Å². The van der Waals surface area contributed by atoms with Crippen molar-refractivity contribution in [2.24, 2.45) is 5.73 Å². The second-order valence-electron chi connectivity index (χ2n) is 4.50. The van der Waals surface area contributed by atoms with Crippen LogP contribution in [-0.4, -0.2) is 24.3 Å². The molecule has 3 N–H and O–H groups in total. The molecule has 0 spiro atoms. The van der Waals surface area contributed by atoms with Crippen LogP contribution < -0.4 is 10.6 Å². The molecule has 0 radical (unpaired) electrons. The third-order valence-corrected chi connectivity index (χ3v) is 3.32. The lowest BCUT2D eigenvalue weighted by molar-refractivity contribution is 0.294. The fraction of sp³-hybridized carbons (Fsp3) is 0.571. The van der Waals surface area contributed by atoms with E-state index in [9.17, 15) is 8.78 Å². The van der Waals surface area contributed by atoms with E-state index in [0.29, 0.717) is 5.56 Å². The van der Waals surface area contributed by atoms with Crippen molar-refractivity contribution in [2.45, 2.75) is 39.3 Å². The molecule has 0 saturated heterocycles. The van der Waals surface area contributed by atoms with Gasteiger partial charge >= 0.3 is 0 Å². The lowest BCUT2D eigenvalue weighted by atomic mass is 10.1. The normalized spacial score (nSPS) is 11.1. The summed E-state index contributed by atoms with van der Waals surface area (Å²) >= 11 is 0. The van der Waals surface area contributed by atoms with Crippen LogP contribution >= 0.6 is 0 Å². The summed E-state index contributed by atoms with van der Waals surface area (Å²) in [5, 5.41) is 9.11. The quantitative estimate of drug-likeness (QED) is 0.801. The van der Waals surface area contributed by atoms with Crippen LogP contribution in [0.3, 0.4) is 0 Å². The molecule has 0 fully saturated rings. The maximum Gasteiger partial charge on any atom is 0.149 e. The first-order chi connectivity index (χ1) is 9.08. The number of benzene rings is 1. The van der Waals surface area contributed by atoms with Crippen LogP contribution in [-0.2, 0) is 6.54 Å². The number of nitrogens with two attached hydrogens (primary N) is 1. The fourth-order valence-electron chi connectivity index (χ4n) is 2.32. The first-order valence-electron chi connectivity index (χ1n) is 6.64. The van der Waals surface area contributed by atoms with Gasteiger partial charge in [0.25, 0.3) is 0 Å². The second-order valence-corrected chi connectivity index (χ2v) is 4.50. The van der Waals surface area contributed by atoms with Gasteiger partial charge in [0.1, 0.15) is 17.3 Å². The Morgan fingerprint density at radius 3 is 2.11 bits per heavy atom. The van der Waals surface area contributed by atoms with Gasteiger partial charge in [0.2, 0.25) is 0 Å². The molecule has 3 nitrogen and oxygen atoms in total. The molecule has 0 aliphatic rings. The summed E-state index contributed by atoms with van der Waals surface area (Å²) in [6.07, 6.45) is 1.52. The third kappa shape index (κ3) is 3.64. The summed E-state index contributed by atoms with van der Waals surface area (Å²) in [6, 6.07) is 2.51. The first-order valence-corrected chi connectivity index (χ1v) is 6.64. The lowest BCUT2D eigenvalue weighted by Crippen LogP contribution is -2.38. The fourth-order valence-corrected chi connectivity index (χ4v) is 2.32. The van der Waals surface area contributed by atoms with Crippen molar-refractivity contribution >= 4 is 5.69 Å². The van der Waals surface area contributed by atoms with Crippen LogP contribution in [0.2, 0.25) is 0 Å². The Kier molecular flexibility index (Phi) is 6.18. The van der Waals surface area contributed by atoms with E-state index in [1.165, 1.54) is 12.1 Å². The monoisotopic (exact) mass is 272 g/mol. The van der Waals surface area contributed by atoms with Gasteiger partial charge in [-0.1, -0.05) is 13.8 Å². The summed E-state index contributed by atoms with van der Waals surface area (Å²) in [4.78, 5) is 1.60. The van der Waals surface area contributed by atoms with Gasteiger partial charge in [-0.05, 0) is 30.5 Å². The molecule has 108 valence electrons. The van der Waals surface area contributed by atoms with E-state index in [0.717, 1.165) is 12.8 Å². The molecule has 0 aliphatic carbocycles. The topological polar surface area (TPSA) is 49.5 Å². The molecule has 0 heterocycles. The van der Waals surface area contributed by atoms with E-state index in [1.807, 2.05) is 13.8 Å². The van der Waals surface area contributed by atoms with Crippen molar-refractivity contribution in [3.8, 4) is 0 Å².